The first-order valence-corrected chi connectivity index (χ1v) is 7.14. The van der Waals surface area contributed by atoms with E-state index < -0.39 is 0 Å². The van der Waals surface area contributed by atoms with Gasteiger partial charge in [0.25, 0.3) is 0 Å². The van der Waals surface area contributed by atoms with Crippen molar-refractivity contribution in [3.63, 3.8) is 0 Å². The number of hydrogen-bond donors (Lipinski definition) is 1. The Bertz CT molecular complexity index is 564. The van der Waals surface area contributed by atoms with Crippen molar-refractivity contribution in [2.75, 3.05) is 0 Å². The molecule has 0 aliphatic carbocycles. The van der Waals surface area contributed by atoms with Crippen LogP contribution >= 0.6 is 0 Å². The summed E-state index contributed by atoms with van der Waals surface area (Å²) >= 11 is 0. The zero-order valence-electron chi connectivity index (χ0n) is 12.4. The van der Waals surface area contributed by atoms with E-state index in [-0.39, 0.29) is 6.04 Å². The van der Waals surface area contributed by atoms with Crippen LogP contribution in [0, 0.1) is 6.92 Å². The van der Waals surface area contributed by atoms with Crippen molar-refractivity contribution in [2.45, 2.75) is 39.7 Å². The van der Waals surface area contributed by atoms with E-state index in [1.54, 1.807) is 0 Å². The number of rotatable bonds is 5. The second-order valence-electron chi connectivity index (χ2n) is 4.94. The number of nitrogens with zero attached hydrogens (tertiary/aromatic N) is 1. The van der Waals surface area contributed by atoms with Gasteiger partial charge in [-0.1, -0.05) is 26.0 Å². The Hall–Kier alpha value is -1.87. The monoisotopic (exact) mass is 270 g/mol. The SMILES string of the molecule is CCc1nc(C)ccc1Oc1ccc(C(N)CC)cc1. The normalized spacial score (nSPS) is 12.2. The second-order valence-corrected chi connectivity index (χ2v) is 4.94. The average Bonchev–Trinajstić information content (AvgIpc) is 2.49. The Morgan fingerprint density at radius 2 is 1.80 bits per heavy atom. The molecule has 0 aliphatic heterocycles. The fourth-order valence-corrected chi connectivity index (χ4v) is 2.09. The molecule has 106 valence electrons. The van der Waals surface area contributed by atoms with Gasteiger partial charge in [0.15, 0.2) is 0 Å². The molecule has 0 radical (unpaired) electrons. The van der Waals surface area contributed by atoms with Crippen molar-refractivity contribution < 1.29 is 4.74 Å². The second kappa shape index (κ2) is 6.53. The molecule has 1 aromatic carbocycles. The Morgan fingerprint density at radius 1 is 1.10 bits per heavy atom. The molecule has 1 atom stereocenters. The first-order chi connectivity index (χ1) is 9.63. The van der Waals surface area contributed by atoms with Gasteiger partial charge < -0.3 is 10.5 Å². The van der Waals surface area contributed by atoms with E-state index in [9.17, 15) is 0 Å². The summed E-state index contributed by atoms with van der Waals surface area (Å²) in [5.74, 6) is 1.64. The maximum atomic E-state index is 6.01. The van der Waals surface area contributed by atoms with Gasteiger partial charge in [0.05, 0.1) is 5.69 Å². The first-order valence-electron chi connectivity index (χ1n) is 7.14. The Morgan fingerprint density at radius 3 is 2.40 bits per heavy atom. The molecule has 20 heavy (non-hydrogen) atoms. The van der Waals surface area contributed by atoms with Crippen LogP contribution in [0.5, 0.6) is 11.5 Å². The lowest BCUT2D eigenvalue weighted by atomic mass is 10.1. The molecule has 0 spiro atoms. The molecule has 1 heterocycles. The average molecular weight is 270 g/mol. The van der Waals surface area contributed by atoms with Crippen LogP contribution in [0.3, 0.4) is 0 Å². The molecule has 2 N–H and O–H groups in total. The third-order valence-electron chi connectivity index (χ3n) is 3.38. The zero-order chi connectivity index (χ0) is 14.5. The number of ether oxygens (including phenoxy) is 1. The minimum atomic E-state index is 0.0938. The standard InChI is InChI=1S/C17H22N2O/c1-4-15(18)13-7-9-14(10-8-13)20-17-11-6-12(3)19-16(17)5-2/h6-11,15H,4-5,18H2,1-3H3. The van der Waals surface area contributed by atoms with Gasteiger partial charge in [0.1, 0.15) is 11.5 Å². The number of nitrogens with two attached hydrogens (primary N) is 1. The highest BCUT2D eigenvalue weighted by atomic mass is 16.5. The minimum absolute atomic E-state index is 0.0938. The summed E-state index contributed by atoms with van der Waals surface area (Å²) in [6.07, 6.45) is 1.79. The maximum absolute atomic E-state index is 6.01. The first kappa shape index (κ1) is 14.5. The van der Waals surface area contributed by atoms with Crippen molar-refractivity contribution in [1.82, 2.24) is 4.98 Å². The van der Waals surface area contributed by atoms with Crippen molar-refractivity contribution in [3.05, 3.63) is 53.3 Å². The summed E-state index contributed by atoms with van der Waals surface area (Å²) in [6, 6.07) is 12.0. The number of pyridine rings is 1. The summed E-state index contributed by atoms with van der Waals surface area (Å²) in [6.45, 7) is 6.16. The summed E-state index contributed by atoms with van der Waals surface area (Å²) in [5.41, 5.74) is 9.14. The third kappa shape index (κ3) is 3.36. The van der Waals surface area contributed by atoms with E-state index in [2.05, 4.69) is 18.8 Å². The lowest BCUT2D eigenvalue weighted by molar-refractivity contribution is 0.472. The molecule has 3 nitrogen and oxygen atoms in total. The predicted molar refractivity (Wildman–Crippen MR) is 82.1 cm³/mol. The lowest BCUT2D eigenvalue weighted by Gasteiger charge is -2.12. The van der Waals surface area contributed by atoms with E-state index in [0.29, 0.717) is 0 Å². The van der Waals surface area contributed by atoms with Gasteiger partial charge in [-0.15, -0.1) is 0 Å². The molecule has 2 rings (SSSR count). The Balaban J connectivity index is 2.18. The van der Waals surface area contributed by atoms with Crippen LogP contribution in [0.25, 0.3) is 0 Å². The molecular formula is C17H22N2O. The molecule has 1 aromatic heterocycles. The van der Waals surface area contributed by atoms with E-state index >= 15 is 0 Å². The maximum Gasteiger partial charge on any atom is 0.148 e. The van der Waals surface area contributed by atoms with Gasteiger partial charge in [-0.3, -0.25) is 4.98 Å². The van der Waals surface area contributed by atoms with Gasteiger partial charge in [0.2, 0.25) is 0 Å². The van der Waals surface area contributed by atoms with Crippen LogP contribution in [-0.2, 0) is 6.42 Å². The quantitative estimate of drug-likeness (QED) is 0.887. The number of aryl methyl sites for hydroxylation is 2. The summed E-state index contributed by atoms with van der Waals surface area (Å²) in [4.78, 5) is 4.50. The highest BCUT2D eigenvalue weighted by molar-refractivity contribution is 5.36. The summed E-state index contributed by atoms with van der Waals surface area (Å²) in [5, 5.41) is 0. The van der Waals surface area contributed by atoms with Crippen molar-refractivity contribution in [1.29, 1.82) is 0 Å². The third-order valence-corrected chi connectivity index (χ3v) is 3.38. The smallest absolute Gasteiger partial charge is 0.148 e. The van der Waals surface area contributed by atoms with Crippen LogP contribution in [0.1, 0.15) is 43.3 Å². The molecule has 0 bridgehead atoms. The van der Waals surface area contributed by atoms with E-state index in [1.165, 1.54) is 0 Å². The molecule has 2 aromatic rings. The molecule has 1 unspecified atom stereocenters. The zero-order valence-corrected chi connectivity index (χ0v) is 12.4. The largest absolute Gasteiger partial charge is 0.455 e. The summed E-state index contributed by atoms with van der Waals surface area (Å²) < 4.78 is 5.92. The van der Waals surface area contributed by atoms with Gasteiger partial charge >= 0.3 is 0 Å². The highest BCUT2D eigenvalue weighted by Crippen LogP contribution is 2.26. The molecule has 0 fully saturated rings. The van der Waals surface area contributed by atoms with Crippen LogP contribution in [-0.4, -0.2) is 4.98 Å². The van der Waals surface area contributed by atoms with E-state index in [1.807, 2.05) is 43.3 Å². The Kier molecular flexibility index (Phi) is 4.74. The number of hydrogen-bond acceptors (Lipinski definition) is 3. The molecule has 0 aliphatic rings. The van der Waals surface area contributed by atoms with Crippen LogP contribution in [0.15, 0.2) is 36.4 Å². The molecular weight excluding hydrogens is 248 g/mol. The minimum Gasteiger partial charge on any atom is -0.455 e. The van der Waals surface area contributed by atoms with Crippen molar-refractivity contribution in [2.24, 2.45) is 5.73 Å². The fourth-order valence-electron chi connectivity index (χ4n) is 2.09. The van der Waals surface area contributed by atoms with Crippen LogP contribution < -0.4 is 10.5 Å². The lowest BCUT2D eigenvalue weighted by Crippen LogP contribution is -2.08. The molecule has 0 amide bonds. The van der Waals surface area contributed by atoms with Crippen molar-refractivity contribution in [3.8, 4) is 11.5 Å². The van der Waals surface area contributed by atoms with Crippen molar-refractivity contribution >= 4 is 0 Å². The fraction of sp³-hybridized carbons (Fsp3) is 0.353. The highest BCUT2D eigenvalue weighted by Gasteiger charge is 2.07. The van der Waals surface area contributed by atoms with Crippen LogP contribution in [0.2, 0.25) is 0 Å². The van der Waals surface area contributed by atoms with Gasteiger partial charge in [-0.05, 0) is 49.6 Å². The topological polar surface area (TPSA) is 48.1 Å². The molecule has 3 heteroatoms. The Labute approximate surface area is 120 Å². The molecule has 0 saturated carbocycles. The van der Waals surface area contributed by atoms with Gasteiger partial charge in [-0.2, -0.15) is 0 Å². The molecule has 0 saturated heterocycles. The van der Waals surface area contributed by atoms with Gasteiger partial charge in [-0.25, -0.2) is 0 Å². The summed E-state index contributed by atoms with van der Waals surface area (Å²) in [7, 11) is 0. The number of benzene rings is 1. The predicted octanol–water partition coefficient (Wildman–Crippen LogP) is 4.15. The van der Waals surface area contributed by atoms with E-state index in [4.69, 9.17) is 10.5 Å². The van der Waals surface area contributed by atoms with Gasteiger partial charge in [0, 0.05) is 11.7 Å². The van der Waals surface area contributed by atoms with Crippen LogP contribution in [0.4, 0.5) is 0 Å². The number of aromatic nitrogens is 1. The van der Waals surface area contributed by atoms with E-state index in [0.717, 1.165) is 41.3 Å².